The van der Waals surface area contributed by atoms with Crippen molar-refractivity contribution < 1.29 is 9.31 Å². The van der Waals surface area contributed by atoms with Crippen molar-refractivity contribution in [2.24, 2.45) is 0 Å². The van der Waals surface area contributed by atoms with Crippen LogP contribution in [0.5, 0.6) is 0 Å². The summed E-state index contributed by atoms with van der Waals surface area (Å²) in [6.45, 7) is 8.70. The molecule has 0 aromatic heterocycles. The van der Waals surface area contributed by atoms with Gasteiger partial charge in [-0.05, 0) is 87.7 Å². The lowest BCUT2D eigenvalue weighted by Gasteiger charge is -2.32. The van der Waals surface area contributed by atoms with Crippen LogP contribution in [0, 0.1) is 0 Å². The molecule has 0 saturated carbocycles. The second kappa shape index (κ2) is 15.6. The van der Waals surface area contributed by atoms with Crippen molar-refractivity contribution in [3.8, 4) is 0 Å². The molecule has 4 nitrogen and oxygen atoms in total. The van der Waals surface area contributed by atoms with E-state index in [4.69, 9.17) is 9.31 Å². The zero-order chi connectivity index (χ0) is 22.6. The van der Waals surface area contributed by atoms with E-state index in [1.165, 1.54) is 63.0 Å². The molecule has 0 amide bonds. The summed E-state index contributed by atoms with van der Waals surface area (Å²) in [5, 5.41) is 0. The van der Waals surface area contributed by atoms with Crippen molar-refractivity contribution >= 4 is 20.1 Å². The highest BCUT2D eigenvalue weighted by Gasteiger charge is 2.21. The Kier molecular flexibility index (Phi) is 12.5. The molecule has 2 aliphatic heterocycles. The van der Waals surface area contributed by atoms with Crippen molar-refractivity contribution in [2.45, 2.75) is 50.4 Å². The predicted octanol–water partition coefficient (Wildman–Crippen LogP) is 5.25. The van der Waals surface area contributed by atoms with E-state index in [9.17, 15) is 0 Å². The van der Waals surface area contributed by atoms with Gasteiger partial charge < -0.3 is 19.1 Å². The van der Waals surface area contributed by atoms with E-state index < -0.39 is 0 Å². The SMILES string of the molecule is B(OCCCN1CCC(c2ccccc2)CC1)OCCCN1CCC(c2ccccc2)CC1.Cl. The summed E-state index contributed by atoms with van der Waals surface area (Å²) in [6, 6.07) is 22.0. The fraction of sp³-hybridized carbons (Fsp3) is 0.571. The van der Waals surface area contributed by atoms with Gasteiger partial charge in [-0.1, -0.05) is 60.7 Å². The summed E-state index contributed by atoms with van der Waals surface area (Å²) in [5.41, 5.74) is 3.02. The normalized spacial score (nSPS) is 18.5. The van der Waals surface area contributed by atoms with Crippen LogP contribution < -0.4 is 0 Å². The monoisotopic (exact) mass is 484 g/mol. The Hall–Kier alpha value is -1.37. The Bertz CT molecular complexity index is 701. The lowest BCUT2D eigenvalue weighted by atomic mass is 9.89. The van der Waals surface area contributed by atoms with E-state index in [1.54, 1.807) is 0 Å². The maximum atomic E-state index is 5.71. The molecule has 2 aromatic carbocycles. The van der Waals surface area contributed by atoms with Crippen molar-refractivity contribution in [1.29, 1.82) is 0 Å². The Labute approximate surface area is 213 Å². The van der Waals surface area contributed by atoms with Crippen LogP contribution in [0.2, 0.25) is 0 Å². The number of likely N-dealkylation sites (tertiary alicyclic amines) is 2. The van der Waals surface area contributed by atoms with E-state index in [2.05, 4.69) is 70.5 Å². The molecular weight excluding hydrogens is 443 g/mol. The van der Waals surface area contributed by atoms with E-state index in [0.717, 1.165) is 51.0 Å². The zero-order valence-corrected chi connectivity index (χ0v) is 21.5. The molecule has 186 valence electrons. The van der Waals surface area contributed by atoms with Gasteiger partial charge in [-0.3, -0.25) is 0 Å². The molecule has 34 heavy (non-hydrogen) atoms. The molecule has 2 saturated heterocycles. The van der Waals surface area contributed by atoms with Crippen LogP contribution >= 0.6 is 12.4 Å². The Morgan fingerprint density at radius 3 is 1.38 bits per heavy atom. The Morgan fingerprint density at radius 2 is 1.00 bits per heavy atom. The standard InChI is InChI=1S/C28H41BN2O2.ClH/c1-3-9-25(10-4-1)27-13-19-30(20-14-27)17-7-23-32-29-33-24-8-18-31-21-15-28(16-22-31)26-11-5-2-6-12-26;/h1-6,9-12,27-29H,7-8,13-24H2;1H. The number of hydrogen-bond donors (Lipinski definition) is 0. The van der Waals surface area contributed by atoms with Crippen LogP contribution in [0.15, 0.2) is 60.7 Å². The third-order valence-corrected chi connectivity index (χ3v) is 7.41. The molecule has 4 rings (SSSR count). The minimum absolute atomic E-state index is 0. The minimum Gasteiger partial charge on any atom is -0.414 e. The van der Waals surface area contributed by atoms with E-state index in [1.807, 2.05) is 0 Å². The second-order valence-electron chi connectivity index (χ2n) is 9.69. The average molecular weight is 485 g/mol. The minimum atomic E-state index is 0. The average Bonchev–Trinajstić information content (AvgIpc) is 2.89. The number of rotatable bonds is 12. The quantitative estimate of drug-likeness (QED) is 0.303. The third-order valence-electron chi connectivity index (χ3n) is 7.41. The van der Waals surface area contributed by atoms with Gasteiger partial charge in [-0.2, -0.15) is 0 Å². The lowest BCUT2D eigenvalue weighted by Crippen LogP contribution is -2.34. The first-order chi connectivity index (χ1) is 16.4. The summed E-state index contributed by atoms with van der Waals surface area (Å²) < 4.78 is 11.4. The highest BCUT2D eigenvalue weighted by atomic mass is 35.5. The van der Waals surface area contributed by atoms with Crippen LogP contribution in [0.1, 0.15) is 61.5 Å². The summed E-state index contributed by atoms with van der Waals surface area (Å²) in [7, 11) is 0.437. The maximum absolute atomic E-state index is 5.71. The molecule has 2 fully saturated rings. The molecule has 2 aliphatic rings. The largest absolute Gasteiger partial charge is 0.438 e. The van der Waals surface area contributed by atoms with E-state index in [-0.39, 0.29) is 12.4 Å². The van der Waals surface area contributed by atoms with Gasteiger partial charge in [0, 0.05) is 26.3 Å². The first kappa shape index (κ1) is 27.2. The zero-order valence-electron chi connectivity index (χ0n) is 20.7. The molecule has 2 heterocycles. The van der Waals surface area contributed by atoms with Gasteiger partial charge in [0.25, 0.3) is 0 Å². The van der Waals surface area contributed by atoms with E-state index >= 15 is 0 Å². The summed E-state index contributed by atoms with van der Waals surface area (Å²) in [6.07, 6.45) is 7.29. The topological polar surface area (TPSA) is 24.9 Å². The van der Waals surface area contributed by atoms with Gasteiger partial charge in [0.15, 0.2) is 0 Å². The van der Waals surface area contributed by atoms with Crippen LogP contribution in [0.25, 0.3) is 0 Å². The maximum Gasteiger partial charge on any atom is 0.438 e. The van der Waals surface area contributed by atoms with Crippen molar-refractivity contribution in [1.82, 2.24) is 9.80 Å². The first-order valence-electron chi connectivity index (χ1n) is 13.1. The Balaban J connectivity index is 0.00000324. The molecule has 0 spiro atoms. The fourth-order valence-corrected chi connectivity index (χ4v) is 5.39. The summed E-state index contributed by atoms with van der Waals surface area (Å²) in [4.78, 5) is 5.18. The number of piperidine rings is 2. The summed E-state index contributed by atoms with van der Waals surface area (Å²) >= 11 is 0. The van der Waals surface area contributed by atoms with Gasteiger partial charge in [-0.15, -0.1) is 12.4 Å². The molecule has 2 aromatic rings. The second-order valence-corrected chi connectivity index (χ2v) is 9.69. The molecule has 0 unspecified atom stereocenters. The Morgan fingerprint density at radius 1 is 0.618 bits per heavy atom. The predicted molar refractivity (Wildman–Crippen MR) is 145 cm³/mol. The fourth-order valence-electron chi connectivity index (χ4n) is 5.39. The van der Waals surface area contributed by atoms with Crippen LogP contribution in [0.3, 0.4) is 0 Å². The highest BCUT2D eigenvalue weighted by Crippen LogP contribution is 2.28. The molecule has 0 N–H and O–H groups in total. The van der Waals surface area contributed by atoms with Crippen molar-refractivity contribution in [2.75, 3.05) is 52.5 Å². The number of nitrogens with zero attached hydrogens (tertiary/aromatic N) is 2. The molecule has 0 radical (unpaired) electrons. The first-order valence-corrected chi connectivity index (χ1v) is 13.1. The van der Waals surface area contributed by atoms with Crippen molar-refractivity contribution in [3.63, 3.8) is 0 Å². The smallest absolute Gasteiger partial charge is 0.414 e. The van der Waals surface area contributed by atoms with E-state index in [0.29, 0.717) is 7.69 Å². The molecule has 0 atom stereocenters. The van der Waals surface area contributed by atoms with Gasteiger partial charge in [0.1, 0.15) is 0 Å². The van der Waals surface area contributed by atoms with Crippen LogP contribution in [-0.4, -0.2) is 70.0 Å². The molecular formula is C28H42BClN2O2. The lowest BCUT2D eigenvalue weighted by molar-refractivity contribution is 0.167. The van der Waals surface area contributed by atoms with Crippen LogP contribution in [0.4, 0.5) is 0 Å². The molecule has 0 bridgehead atoms. The number of benzene rings is 2. The van der Waals surface area contributed by atoms with Gasteiger partial charge >= 0.3 is 7.69 Å². The number of halogens is 1. The van der Waals surface area contributed by atoms with Gasteiger partial charge in [0.2, 0.25) is 0 Å². The number of hydrogen-bond acceptors (Lipinski definition) is 4. The third kappa shape index (κ3) is 9.01. The summed E-state index contributed by atoms with van der Waals surface area (Å²) in [5.74, 6) is 1.48. The van der Waals surface area contributed by atoms with Crippen molar-refractivity contribution in [3.05, 3.63) is 71.8 Å². The highest BCUT2D eigenvalue weighted by molar-refractivity contribution is 6.17. The van der Waals surface area contributed by atoms with Gasteiger partial charge in [-0.25, -0.2) is 0 Å². The molecule has 6 heteroatoms. The van der Waals surface area contributed by atoms with Gasteiger partial charge in [0.05, 0.1) is 0 Å². The van der Waals surface area contributed by atoms with Crippen LogP contribution in [-0.2, 0) is 9.31 Å². The molecule has 0 aliphatic carbocycles.